The molecular weight excluding hydrogens is 294 g/mol. The number of benzene rings is 1. The second-order valence-corrected chi connectivity index (χ2v) is 5.49. The lowest BCUT2D eigenvalue weighted by atomic mass is 10.1. The standard InChI is InChI=1S/C16H23N5O2/c1-11-6-5-7-12(2)14(11)23-9-8-17-16(22)19-13(3)15-20-18-10-21(15)4/h5-7,10,13H,8-9H2,1-4H3,(H2,17,19,22)/t13-/m1/s1. The lowest BCUT2D eigenvalue weighted by Gasteiger charge is -2.15. The van der Waals surface area contributed by atoms with E-state index in [9.17, 15) is 4.79 Å². The Morgan fingerprint density at radius 3 is 2.65 bits per heavy atom. The Kier molecular flexibility index (Phi) is 5.56. The lowest BCUT2D eigenvalue weighted by Crippen LogP contribution is -2.39. The predicted molar refractivity (Wildman–Crippen MR) is 87.4 cm³/mol. The molecule has 2 N–H and O–H groups in total. The van der Waals surface area contributed by atoms with Crippen LogP contribution in [0.25, 0.3) is 0 Å². The van der Waals surface area contributed by atoms with Gasteiger partial charge in [0, 0.05) is 7.05 Å². The van der Waals surface area contributed by atoms with Crippen LogP contribution in [0.15, 0.2) is 24.5 Å². The van der Waals surface area contributed by atoms with E-state index in [-0.39, 0.29) is 12.1 Å². The molecule has 0 aliphatic carbocycles. The fourth-order valence-corrected chi connectivity index (χ4v) is 2.34. The molecule has 2 aromatic rings. The van der Waals surface area contributed by atoms with Crippen molar-refractivity contribution < 1.29 is 9.53 Å². The number of aryl methyl sites for hydroxylation is 3. The van der Waals surface area contributed by atoms with E-state index in [0.29, 0.717) is 19.0 Å². The molecule has 124 valence electrons. The minimum Gasteiger partial charge on any atom is -0.491 e. The molecule has 2 rings (SSSR count). The third-order valence-corrected chi connectivity index (χ3v) is 3.52. The molecule has 0 aliphatic heterocycles. The molecule has 23 heavy (non-hydrogen) atoms. The third kappa shape index (κ3) is 4.45. The van der Waals surface area contributed by atoms with Gasteiger partial charge in [-0.3, -0.25) is 0 Å². The van der Waals surface area contributed by atoms with Crippen molar-refractivity contribution in [3.63, 3.8) is 0 Å². The van der Waals surface area contributed by atoms with Gasteiger partial charge in [0.25, 0.3) is 0 Å². The quantitative estimate of drug-likeness (QED) is 0.797. The predicted octanol–water partition coefficient (Wildman–Crippen LogP) is 1.87. The van der Waals surface area contributed by atoms with Crippen molar-refractivity contribution in [2.45, 2.75) is 26.8 Å². The molecule has 1 aromatic heterocycles. The van der Waals surface area contributed by atoms with Crippen LogP contribution >= 0.6 is 0 Å². The first-order valence-electron chi connectivity index (χ1n) is 7.56. The zero-order chi connectivity index (χ0) is 16.8. The summed E-state index contributed by atoms with van der Waals surface area (Å²) in [6.45, 7) is 6.70. The Balaban J connectivity index is 1.74. The number of urea groups is 1. The van der Waals surface area contributed by atoms with Gasteiger partial charge in [-0.15, -0.1) is 10.2 Å². The summed E-state index contributed by atoms with van der Waals surface area (Å²) in [4.78, 5) is 11.9. The molecule has 7 heteroatoms. The van der Waals surface area contributed by atoms with Gasteiger partial charge in [-0.05, 0) is 31.9 Å². The van der Waals surface area contributed by atoms with Gasteiger partial charge in [-0.2, -0.15) is 0 Å². The van der Waals surface area contributed by atoms with Crippen LogP contribution in [0.4, 0.5) is 4.79 Å². The van der Waals surface area contributed by atoms with Crippen LogP contribution in [-0.4, -0.2) is 33.9 Å². The Morgan fingerprint density at radius 2 is 2.04 bits per heavy atom. The SMILES string of the molecule is Cc1cccc(C)c1OCCNC(=O)N[C@H](C)c1nncn1C. The first kappa shape index (κ1) is 16.8. The van der Waals surface area contributed by atoms with Crippen molar-refractivity contribution in [2.75, 3.05) is 13.2 Å². The number of carbonyl (C=O) groups excluding carboxylic acids is 1. The number of aromatic nitrogens is 3. The number of ether oxygens (including phenoxy) is 1. The number of nitrogens with one attached hydrogen (secondary N) is 2. The molecule has 7 nitrogen and oxygen atoms in total. The molecular formula is C16H23N5O2. The number of nitrogens with zero attached hydrogens (tertiary/aromatic N) is 3. The second-order valence-electron chi connectivity index (χ2n) is 5.49. The third-order valence-electron chi connectivity index (χ3n) is 3.52. The summed E-state index contributed by atoms with van der Waals surface area (Å²) in [7, 11) is 1.84. The van der Waals surface area contributed by atoms with Crippen LogP contribution in [0, 0.1) is 13.8 Å². The summed E-state index contributed by atoms with van der Waals surface area (Å²) < 4.78 is 7.52. The average Bonchev–Trinajstić information content (AvgIpc) is 2.92. The lowest BCUT2D eigenvalue weighted by molar-refractivity contribution is 0.233. The molecule has 0 saturated carbocycles. The zero-order valence-electron chi connectivity index (χ0n) is 14.0. The highest BCUT2D eigenvalue weighted by Crippen LogP contribution is 2.21. The van der Waals surface area contributed by atoms with Crippen LogP contribution in [0.1, 0.15) is 29.9 Å². The normalized spacial score (nSPS) is 11.8. The summed E-state index contributed by atoms with van der Waals surface area (Å²) in [6, 6.07) is 5.53. The Hall–Kier alpha value is -2.57. The minimum absolute atomic E-state index is 0.220. The van der Waals surface area contributed by atoms with Gasteiger partial charge in [0.1, 0.15) is 18.7 Å². The van der Waals surface area contributed by atoms with Crippen LogP contribution < -0.4 is 15.4 Å². The molecule has 0 bridgehead atoms. The first-order chi connectivity index (χ1) is 11.0. The summed E-state index contributed by atoms with van der Waals surface area (Å²) in [5.41, 5.74) is 2.18. The van der Waals surface area contributed by atoms with Gasteiger partial charge < -0.3 is 19.9 Å². The maximum atomic E-state index is 11.9. The highest BCUT2D eigenvalue weighted by molar-refractivity contribution is 5.74. The molecule has 1 heterocycles. The maximum Gasteiger partial charge on any atom is 0.315 e. The maximum absolute atomic E-state index is 11.9. The largest absolute Gasteiger partial charge is 0.491 e. The van der Waals surface area contributed by atoms with E-state index in [4.69, 9.17) is 4.74 Å². The molecule has 0 spiro atoms. The van der Waals surface area contributed by atoms with Crippen LogP contribution in [-0.2, 0) is 7.05 Å². The van der Waals surface area contributed by atoms with E-state index < -0.39 is 0 Å². The van der Waals surface area contributed by atoms with Crippen LogP contribution in [0.2, 0.25) is 0 Å². The second kappa shape index (κ2) is 7.62. The summed E-state index contributed by atoms with van der Waals surface area (Å²) in [6.07, 6.45) is 1.60. The first-order valence-corrected chi connectivity index (χ1v) is 7.56. The summed E-state index contributed by atoms with van der Waals surface area (Å²) in [5, 5.41) is 13.4. The van der Waals surface area contributed by atoms with E-state index in [1.54, 1.807) is 10.9 Å². The van der Waals surface area contributed by atoms with Gasteiger partial charge in [-0.25, -0.2) is 4.79 Å². The van der Waals surface area contributed by atoms with E-state index in [2.05, 4.69) is 20.8 Å². The van der Waals surface area contributed by atoms with E-state index in [1.165, 1.54) is 0 Å². The highest BCUT2D eigenvalue weighted by atomic mass is 16.5. The zero-order valence-corrected chi connectivity index (χ0v) is 14.0. The molecule has 0 aliphatic rings. The average molecular weight is 317 g/mol. The van der Waals surface area contributed by atoms with Gasteiger partial charge in [0.15, 0.2) is 5.82 Å². The highest BCUT2D eigenvalue weighted by Gasteiger charge is 2.13. The van der Waals surface area contributed by atoms with Gasteiger partial charge >= 0.3 is 6.03 Å². The molecule has 0 radical (unpaired) electrons. The number of rotatable bonds is 6. The topological polar surface area (TPSA) is 81.1 Å². The number of para-hydroxylation sites is 1. The van der Waals surface area contributed by atoms with Crippen LogP contribution in [0.3, 0.4) is 0 Å². The molecule has 1 aromatic carbocycles. The number of carbonyl (C=O) groups is 1. The van der Waals surface area contributed by atoms with Crippen molar-refractivity contribution in [1.82, 2.24) is 25.4 Å². The number of amides is 2. The van der Waals surface area contributed by atoms with Gasteiger partial charge in [0.2, 0.25) is 0 Å². The van der Waals surface area contributed by atoms with Crippen molar-refractivity contribution in [3.05, 3.63) is 41.5 Å². The number of hydrogen-bond donors (Lipinski definition) is 2. The fraction of sp³-hybridized carbons (Fsp3) is 0.438. The van der Waals surface area contributed by atoms with Gasteiger partial charge in [-0.1, -0.05) is 18.2 Å². The molecule has 0 saturated heterocycles. The molecule has 0 fully saturated rings. The minimum atomic E-state index is -0.259. The fourth-order valence-electron chi connectivity index (χ4n) is 2.34. The van der Waals surface area contributed by atoms with Crippen molar-refractivity contribution in [2.24, 2.45) is 7.05 Å². The van der Waals surface area contributed by atoms with Crippen molar-refractivity contribution in [3.8, 4) is 5.75 Å². The van der Waals surface area contributed by atoms with Crippen LogP contribution in [0.5, 0.6) is 5.75 Å². The smallest absolute Gasteiger partial charge is 0.315 e. The summed E-state index contributed by atoms with van der Waals surface area (Å²) >= 11 is 0. The Bertz CT molecular complexity index is 648. The van der Waals surface area contributed by atoms with Crippen molar-refractivity contribution >= 4 is 6.03 Å². The van der Waals surface area contributed by atoms with Gasteiger partial charge in [0.05, 0.1) is 12.6 Å². The van der Waals surface area contributed by atoms with E-state index in [0.717, 1.165) is 16.9 Å². The molecule has 2 amide bonds. The van der Waals surface area contributed by atoms with E-state index in [1.807, 2.05) is 46.0 Å². The monoisotopic (exact) mass is 317 g/mol. The Labute approximate surface area is 136 Å². The van der Waals surface area contributed by atoms with E-state index >= 15 is 0 Å². The number of hydrogen-bond acceptors (Lipinski definition) is 4. The molecule has 0 unspecified atom stereocenters. The summed E-state index contributed by atoms with van der Waals surface area (Å²) in [5.74, 6) is 1.58. The molecule has 1 atom stereocenters. The Morgan fingerprint density at radius 1 is 1.35 bits per heavy atom. The van der Waals surface area contributed by atoms with Crippen molar-refractivity contribution in [1.29, 1.82) is 0 Å².